The van der Waals surface area contributed by atoms with Crippen molar-refractivity contribution in [2.24, 2.45) is 5.73 Å². The Hall–Kier alpha value is -1.88. The number of para-hydroxylation sites is 2. The van der Waals surface area contributed by atoms with Crippen LogP contribution >= 0.6 is 0 Å². The van der Waals surface area contributed by atoms with Crippen LogP contribution in [-0.2, 0) is 22.5 Å². The number of hydrogen-bond acceptors (Lipinski definition) is 4. The summed E-state index contributed by atoms with van der Waals surface area (Å²) in [6.07, 6.45) is 0.532. The quantitative estimate of drug-likeness (QED) is 0.828. The molecule has 19 heavy (non-hydrogen) atoms. The summed E-state index contributed by atoms with van der Waals surface area (Å²) in [4.78, 5) is 16.3. The van der Waals surface area contributed by atoms with Crippen molar-refractivity contribution in [3.05, 3.63) is 30.1 Å². The number of benzene rings is 1. The lowest BCUT2D eigenvalue weighted by Gasteiger charge is -2.11. The van der Waals surface area contributed by atoms with Crippen LogP contribution in [0.1, 0.15) is 19.7 Å². The highest BCUT2D eigenvalue weighted by Gasteiger charge is 2.14. The Balaban J connectivity index is 2.33. The lowest BCUT2D eigenvalue weighted by Crippen LogP contribution is -2.20. The van der Waals surface area contributed by atoms with Crippen LogP contribution in [0.3, 0.4) is 0 Å². The number of carbonyl (C=O) groups is 1. The van der Waals surface area contributed by atoms with E-state index in [0.29, 0.717) is 13.0 Å². The molecule has 1 aromatic carbocycles. The number of fused-ring (bicyclic) bond motifs is 1. The number of esters is 1. The van der Waals surface area contributed by atoms with Crippen molar-refractivity contribution in [2.45, 2.75) is 32.9 Å². The van der Waals surface area contributed by atoms with Crippen LogP contribution in [-0.4, -0.2) is 28.2 Å². The molecule has 0 bridgehead atoms. The van der Waals surface area contributed by atoms with Gasteiger partial charge in [-0.25, -0.2) is 4.98 Å². The molecule has 0 radical (unpaired) electrons. The van der Waals surface area contributed by atoms with Crippen molar-refractivity contribution in [1.82, 2.24) is 9.55 Å². The van der Waals surface area contributed by atoms with Crippen LogP contribution in [0.25, 0.3) is 11.0 Å². The van der Waals surface area contributed by atoms with E-state index in [-0.39, 0.29) is 18.6 Å². The molecule has 1 heterocycles. The molecule has 0 saturated heterocycles. The monoisotopic (exact) mass is 261 g/mol. The lowest BCUT2D eigenvalue weighted by molar-refractivity contribution is -0.148. The van der Waals surface area contributed by atoms with E-state index in [9.17, 15) is 4.79 Å². The summed E-state index contributed by atoms with van der Waals surface area (Å²) in [5.41, 5.74) is 7.41. The Morgan fingerprint density at radius 3 is 2.84 bits per heavy atom. The van der Waals surface area contributed by atoms with Crippen molar-refractivity contribution in [3.63, 3.8) is 0 Å². The van der Waals surface area contributed by atoms with E-state index in [0.717, 1.165) is 16.9 Å². The molecule has 0 fully saturated rings. The Kier molecular flexibility index (Phi) is 4.16. The maximum Gasteiger partial charge on any atom is 0.326 e. The first-order valence-electron chi connectivity index (χ1n) is 6.45. The van der Waals surface area contributed by atoms with Gasteiger partial charge in [0.15, 0.2) is 0 Å². The Morgan fingerprint density at radius 1 is 1.42 bits per heavy atom. The van der Waals surface area contributed by atoms with E-state index in [1.165, 1.54) is 0 Å². The number of aromatic nitrogens is 2. The molecule has 0 aliphatic heterocycles. The highest BCUT2D eigenvalue weighted by Crippen LogP contribution is 2.16. The molecular weight excluding hydrogens is 242 g/mol. The predicted molar refractivity (Wildman–Crippen MR) is 73.7 cm³/mol. The minimum absolute atomic E-state index is 0.111. The molecule has 0 aliphatic carbocycles. The molecule has 0 saturated carbocycles. The van der Waals surface area contributed by atoms with Gasteiger partial charge in [-0.2, -0.15) is 0 Å². The Morgan fingerprint density at radius 2 is 2.16 bits per heavy atom. The van der Waals surface area contributed by atoms with Gasteiger partial charge in [0, 0.05) is 6.42 Å². The van der Waals surface area contributed by atoms with Gasteiger partial charge in [0.25, 0.3) is 0 Å². The lowest BCUT2D eigenvalue weighted by atomic mass is 10.3. The molecule has 1 aromatic heterocycles. The molecule has 0 aliphatic rings. The second-order valence-electron chi connectivity index (χ2n) is 4.68. The summed E-state index contributed by atoms with van der Waals surface area (Å²) in [7, 11) is 0. The zero-order chi connectivity index (χ0) is 13.8. The molecule has 2 aromatic rings. The van der Waals surface area contributed by atoms with Crippen molar-refractivity contribution in [3.8, 4) is 0 Å². The molecular formula is C14H19N3O2. The van der Waals surface area contributed by atoms with Gasteiger partial charge in [0.05, 0.1) is 17.1 Å². The van der Waals surface area contributed by atoms with Gasteiger partial charge in [-0.1, -0.05) is 12.1 Å². The first-order valence-corrected chi connectivity index (χ1v) is 6.45. The number of ether oxygens (including phenoxy) is 1. The fraction of sp³-hybridized carbons (Fsp3) is 0.429. The minimum Gasteiger partial charge on any atom is -0.462 e. The fourth-order valence-electron chi connectivity index (χ4n) is 2.05. The van der Waals surface area contributed by atoms with Crippen molar-refractivity contribution in [1.29, 1.82) is 0 Å². The number of rotatable bonds is 5. The second-order valence-corrected chi connectivity index (χ2v) is 4.68. The molecule has 0 spiro atoms. The van der Waals surface area contributed by atoms with Gasteiger partial charge in [0.1, 0.15) is 12.4 Å². The van der Waals surface area contributed by atoms with Gasteiger partial charge >= 0.3 is 5.97 Å². The first kappa shape index (κ1) is 13.5. The predicted octanol–water partition coefficient (Wildman–Crippen LogP) is 1.49. The third kappa shape index (κ3) is 3.12. The number of nitrogens with two attached hydrogens (primary N) is 1. The summed E-state index contributed by atoms with van der Waals surface area (Å²) in [5.74, 6) is 0.570. The van der Waals surface area contributed by atoms with Crippen molar-refractivity contribution >= 4 is 17.0 Å². The van der Waals surface area contributed by atoms with Crippen LogP contribution in [0.2, 0.25) is 0 Å². The van der Waals surface area contributed by atoms with Gasteiger partial charge in [-0.15, -0.1) is 0 Å². The number of hydrogen-bond donors (Lipinski definition) is 1. The van der Waals surface area contributed by atoms with Crippen molar-refractivity contribution < 1.29 is 9.53 Å². The van der Waals surface area contributed by atoms with Crippen LogP contribution in [0.4, 0.5) is 0 Å². The Labute approximate surface area is 112 Å². The topological polar surface area (TPSA) is 70.1 Å². The van der Waals surface area contributed by atoms with E-state index in [1.807, 2.05) is 42.7 Å². The van der Waals surface area contributed by atoms with E-state index < -0.39 is 0 Å². The average Bonchev–Trinajstić information content (AvgIpc) is 2.67. The number of carbonyl (C=O) groups excluding carboxylic acids is 1. The van der Waals surface area contributed by atoms with Crippen LogP contribution in [0.5, 0.6) is 0 Å². The van der Waals surface area contributed by atoms with Crippen LogP contribution in [0.15, 0.2) is 24.3 Å². The van der Waals surface area contributed by atoms with Crippen molar-refractivity contribution in [2.75, 3.05) is 6.54 Å². The first-order chi connectivity index (χ1) is 9.11. The molecule has 102 valence electrons. The fourth-order valence-corrected chi connectivity index (χ4v) is 2.05. The maximum atomic E-state index is 11.8. The third-order valence-electron chi connectivity index (χ3n) is 2.76. The van der Waals surface area contributed by atoms with Gasteiger partial charge in [0.2, 0.25) is 0 Å². The molecule has 0 amide bonds. The SMILES string of the molecule is CC(C)OC(=O)Cn1c(CCN)nc2ccccc21. The summed E-state index contributed by atoms with van der Waals surface area (Å²) >= 11 is 0. The smallest absolute Gasteiger partial charge is 0.326 e. The molecule has 5 nitrogen and oxygen atoms in total. The molecule has 0 atom stereocenters. The van der Waals surface area contributed by atoms with Crippen LogP contribution in [0, 0.1) is 0 Å². The number of nitrogens with zero attached hydrogens (tertiary/aromatic N) is 2. The van der Waals surface area contributed by atoms with E-state index in [2.05, 4.69) is 4.98 Å². The standard InChI is InChI=1S/C14H19N3O2/c1-10(2)19-14(18)9-17-12-6-4-3-5-11(12)16-13(17)7-8-15/h3-6,10H,7-9,15H2,1-2H3. The zero-order valence-corrected chi connectivity index (χ0v) is 11.3. The second kappa shape index (κ2) is 5.84. The molecule has 2 rings (SSSR count). The number of imidazole rings is 1. The molecule has 2 N–H and O–H groups in total. The normalized spacial score (nSPS) is 11.2. The highest BCUT2D eigenvalue weighted by molar-refractivity contribution is 5.79. The van der Waals surface area contributed by atoms with Crippen LogP contribution < -0.4 is 5.73 Å². The van der Waals surface area contributed by atoms with Gasteiger partial charge < -0.3 is 15.0 Å². The summed E-state index contributed by atoms with van der Waals surface area (Å²) < 4.78 is 7.07. The van der Waals surface area contributed by atoms with E-state index in [1.54, 1.807) is 0 Å². The zero-order valence-electron chi connectivity index (χ0n) is 11.3. The van der Waals surface area contributed by atoms with E-state index in [4.69, 9.17) is 10.5 Å². The Bertz CT molecular complexity index is 575. The molecule has 0 unspecified atom stereocenters. The maximum absolute atomic E-state index is 11.8. The third-order valence-corrected chi connectivity index (χ3v) is 2.76. The minimum atomic E-state index is -0.253. The average molecular weight is 261 g/mol. The highest BCUT2D eigenvalue weighted by atomic mass is 16.5. The van der Waals surface area contributed by atoms with Gasteiger partial charge in [-0.3, -0.25) is 4.79 Å². The summed E-state index contributed by atoms with van der Waals surface area (Å²) in [6.45, 7) is 4.35. The summed E-state index contributed by atoms with van der Waals surface area (Å²) in [6, 6.07) is 7.74. The summed E-state index contributed by atoms with van der Waals surface area (Å²) in [5, 5.41) is 0. The van der Waals surface area contributed by atoms with Gasteiger partial charge in [-0.05, 0) is 32.5 Å². The largest absolute Gasteiger partial charge is 0.462 e. The van der Waals surface area contributed by atoms with E-state index >= 15 is 0 Å². The molecule has 5 heteroatoms.